The van der Waals surface area contributed by atoms with Crippen LogP contribution in [0.5, 0.6) is 0 Å². The van der Waals surface area contributed by atoms with Gasteiger partial charge in [-0.1, -0.05) is 31.5 Å². The summed E-state index contributed by atoms with van der Waals surface area (Å²) in [6.07, 6.45) is 0.863. The van der Waals surface area contributed by atoms with Crippen molar-refractivity contribution in [2.24, 2.45) is 0 Å². The number of nitrogens with zero attached hydrogens (tertiary/aromatic N) is 2. The molecule has 3 nitrogen and oxygen atoms in total. The molecule has 0 aliphatic heterocycles. The third kappa shape index (κ3) is 2.82. The van der Waals surface area contributed by atoms with Gasteiger partial charge in [0.05, 0.1) is 17.3 Å². The summed E-state index contributed by atoms with van der Waals surface area (Å²) in [6.45, 7) is 3.80. The average molecular weight is 287 g/mol. The third-order valence-corrected chi connectivity index (χ3v) is 3.64. The van der Waals surface area contributed by atoms with Gasteiger partial charge in [-0.3, -0.25) is 4.98 Å². The van der Waals surface area contributed by atoms with E-state index in [2.05, 4.69) is 11.1 Å². The number of hydrogen-bond acceptors (Lipinski definition) is 3. The molecule has 4 heteroatoms. The quantitative estimate of drug-likeness (QED) is 0.937. The second-order valence-electron chi connectivity index (χ2n) is 5.22. The smallest absolute Gasteiger partial charge is 0.105 e. The van der Waals surface area contributed by atoms with Crippen LogP contribution in [0.2, 0.25) is 5.02 Å². The Bertz CT molecular complexity index is 647. The maximum absolute atomic E-state index is 10.6. The first-order valence-corrected chi connectivity index (χ1v) is 6.63. The molecule has 1 heterocycles. The minimum atomic E-state index is -0.784. The Morgan fingerprint density at radius 1 is 1.30 bits per heavy atom. The van der Waals surface area contributed by atoms with Gasteiger partial charge in [0.2, 0.25) is 0 Å². The highest BCUT2D eigenvalue weighted by Gasteiger charge is 2.32. The highest BCUT2D eigenvalue weighted by molar-refractivity contribution is 6.30. The third-order valence-electron chi connectivity index (χ3n) is 3.42. The van der Waals surface area contributed by atoms with Gasteiger partial charge < -0.3 is 5.11 Å². The molecule has 102 valence electrons. The Morgan fingerprint density at radius 3 is 2.65 bits per heavy atom. The van der Waals surface area contributed by atoms with E-state index in [-0.39, 0.29) is 0 Å². The van der Waals surface area contributed by atoms with Crippen molar-refractivity contribution in [2.45, 2.75) is 25.4 Å². The zero-order chi connectivity index (χ0) is 14.8. The van der Waals surface area contributed by atoms with Crippen LogP contribution in [0.4, 0.5) is 0 Å². The fourth-order valence-corrected chi connectivity index (χ4v) is 2.33. The SMILES string of the molecule is CC(C)(c1cc(Cl)cc(C#N)c1)C(O)c1ccccn1. The predicted octanol–water partition coefficient (Wildman–Crippen LogP) is 3.62. The second-order valence-corrected chi connectivity index (χ2v) is 5.66. The summed E-state index contributed by atoms with van der Waals surface area (Å²) in [4.78, 5) is 4.19. The molecular weight excluding hydrogens is 272 g/mol. The predicted molar refractivity (Wildman–Crippen MR) is 78.4 cm³/mol. The minimum absolute atomic E-state index is 0.480. The molecule has 2 rings (SSSR count). The fourth-order valence-electron chi connectivity index (χ4n) is 2.09. The number of benzene rings is 1. The van der Waals surface area contributed by atoms with Crippen LogP contribution in [0.1, 0.15) is 36.8 Å². The summed E-state index contributed by atoms with van der Waals surface area (Å²) in [7, 11) is 0. The molecule has 0 aliphatic carbocycles. The molecule has 0 bridgehead atoms. The van der Waals surface area contributed by atoms with E-state index in [9.17, 15) is 5.11 Å². The number of hydrogen-bond donors (Lipinski definition) is 1. The Kier molecular flexibility index (Phi) is 4.08. The van der Waals surface area contributed by atoms with Gasteiger partial charge in [-0.25, -0.2) is 0 Å². The van der Waals surface area contributed by atoms with Crippen molar-refractivity contribution < 1.29 is 5.11 Å². The van der Waals surface area contributed by atoms with Gasteiger partial charge in [0.25, 0.3) is 0 Å². The molecule has 0 aliphatic rings. The van der Waals surface area contributed by atoms with Crippen molar-refractivity contribution in [1.29, 1.82) is 5.26 Å². The molecule has 1 aromatic carbocycles. The van der Waals surface area contributed by atoms with Crippen molar-refractivity contribution in [2.75, 3.05) is 0 Å². The normalized spacial score (nSPS) is 12.8. The van der Waals surface area contributed by atoms with Crippen LogP contribution in [0.15, 0.2) is 42.6 Å². The minimum Gasteiger partial charge on any atom is -0.386 e. The monoisotopic (exact) mass is 286 g/mol. The first-order valence-electron chi connectivity index (χ1n) is 6.25. The van der Waals surface area contributed by atoms with Gasteiger partial charge in [0, 0.05) is 16.6 Å². The number of aliphatic hydroxyl groups excluding tert-OH is 1. The van der Waals surface area contributed by atoms with Crippen molar-refractivity contribution in [3.05, 3.63) is 64.4 Å². The molecule has 0 fully saturated rings. The standard InChI is InChI=1S/C16H15ClN2O/c1-16(2,15(20)14-5-3-4-6-19-14)12-7-11(10-18)8-13(17)9-12/h3-9,15,20H,1-2H3. The highest BCUT2D eigenvalue weighted by atomic mass is 35.5. The van der Waals surface area contributed by atoms with E-state index >= 15 is 0 Å². The molecule has 1 aromatic heterocycles. The molecule has 0 amide bonds. The number of aromatic nitrogens is 1. The molecule has 2 aromatic rings. The molecule has 0 saturated carbocycles. The zero-order valence-corrected chi connectivity index (χ0v) is 12.1. The van der Waals surface area contributed by atoms with E-state index in [0.717, 1.165) is 5.56 Å². The summed E-state index contributed by atoms with van der Waals surface area (Å²) in [5.41, 5.74) is 1.27. The molecule has 0 radical (unpaired) electrons. The molecule has 1 N–H and O–H groups in total. The lowest BCUT2D eigenvalue weighted by Crippen LogP contribution is -2.27. The van der Waals surface area contributed by atoms with Gasteiger partial charge in [-0.2, -0.15) is 5.26 Å². The van der Waals surface area contributed by atoms with Crippen LogP contribution in [0.3, 0.4) is 0 Å². The van der Waals surface area contributed by atoms with Crippen molar-refractivity contribution >= 4 is 11.6 Å². The van der Waals surface area contributed by atoms with E-state index in [0.29, 0.717) is 16.3 Å². The summed E-state index contributed by atoms with van der Waals surface area (Å²) >= 11 is 6.04. The summed E-state index contributed by atoms with van der Waals surface area (Å²) in [5, 5.41) is 20.1. The fraction of sp³-hybridized carbons (Fsp3) is 0.250. The van der Waals surface area contributed by atoms with E-state index in [1.54, 1.807) is 36.5 Å². The largest absolute Gasteiger partial charge is 0.386 e. The maximum atomic E-state index is 10.6. The number of pyridine rings is 1. The first-order chi connectivity index (χ1) is 9.45. The Balaban J connectivity index is 2.45. The average Bonchev–Trinajstić information content (AvgIpc) is 2.46. The molecule has 1 unspecified atom stereocenters. The van der Waals surface area contributed by atoms with Gasteiger partial charge in [-0.05, 0) is 35.9 Å². The van der Waals surface area contributed by atoms with Crippen LogP contribution in [-0.4, -0.2) is 10.1 Å². The Hall–Kier alpha value is -1.89. The topological polar surface area (TPSA) is 56.9 Å². The number of rotatable bonds is 3. The van der Waals surface area contributed by atoms with Gasteiger partial charge in [0.15, 0.2) is 0 Å². The van der Waals surface area contributed by atoms with Gasteiger partial charge in [-0.15, -0.1) is 0 Å². The van der Waals surface area contributed by atoms with Crippen molar-refractivity contribution in [1.82, 2.24) is 4.98 Å². The zero-order valence-electron chi connectivity index (χ0n) is 11.3. The van der Waals surface area contributed by atoms with Crippen LogP contribution in [0, 0.1) is 11.3 Å². The van der Waals surface area contributed by atoms with Crippen LogP contribution < -0.4 is 0 Å². The first kappa shape index (κ1) is 14.5. The lowest BCUT2D eigenvalue weighted by molar-refractivity contribution is 0.0961. The molecular formula is C16H15ClN2O. The van der Waals surface area contributed by atoms with Crippen LogP contribution in [0.25, 0.3) is 0 Å². The lowest BCUT2D eigenvalue weighted by atomic mass is 9.77. The Morgan fingerprint density at radius 2 is 2.05 bits per heavy atom. The lowest BCUT2D eigenvalue weighted by Gasteiger charge is -2.31. The highest BCUT2D eigenvalue weighted by Crippen LogP contribution is 2.37. The molecule has 20 heavy (non-hydrogen) atoms. The molecule has 0 saturated heterocycles. The summed E-state index contributed by atoms with van der Waals surface area (Å²) in [5.74, 6) is 0. The molecule has 0 spiro atoms. The van der Waals surface area contributed by atoms with Crippen LogP contribution >= 0.6 is 11.6 Å². The van der Waals surface area contributed by atoms with E-state index in [1.807, 2.05) is 19.9 Å². The Labute approximate surface area is 123 Å². The maximum Gasteiger partial charge on any atom is 0.105 e. The van der Waals surface area contributed by atoms with Crippen molar-refractivity contribution in [3.63, 3.8) is 0 Å². The number of halogens is 1. The van der Waals surface area contributed by atoms with E-state index < -0.39 is 11.5 Å². The molecule has 1 atom stereocenters. The summed E-state index contributed by atoms with van der Waals surface area (Å²) < 4.78 is 0. The number of nitriles is 1. The summed E-state index contributed by atoms with van der Waals surface area (Å²) in [6, 6.07) is 12.6. The van der Waals surface area contributed by atoms with Gasteiger partial charge >= 0.3 is 0 Å². The van der Waals surface area contributed by atoms with Crippen LogP contribution in [-0.2, 0) is 5.41 Å². The van der Waals surface area contributed by atoms with Crippen molar-refractivity contribution in [3.8, 4) is 6.07 Å². The van der Waals surface area contributed by atoms with E-state index in [1.165, 1.54) is 0 Å². The van der Waals surface area contributed by atoms with E-state index in [4.69, 9.17) is 16.9 Å². The van der Waals surface area contributed by atoms with Gasteiger partial charge in [0.1, 0.15) is 6.10 Å². The second kappa shape index (κ2) is 5.62. The number of aliphatic hydroxyl groups is 1.